The summed E-state index contributed by atoms with van der Waals surface area (Å²) >= 11 is 3.46. The smallest absolute Gasteiger partial charge is 0.282 e. The molecule has 7 nitrogen and oxygen atoms in total. The zero-order valence-corrected chi connectivity index (χ0v) is 17.6. The molecule has 1 saturated heterocycles. The third-order valence-electron chi connectivity index (χ3n) is 5.35. The number of anilines is 1. The minimum absolute atomic E-state index is 0.245. The summed E-state index contributed by atoms with van der Waals surface area (Å²) in [4.78, 5) is 19.4. The SMILES string of the molecule is COc1ccc(Cn2nc(N3CCCC3)n3c4ccc(Br)cc4c(=O)nc23)cc1. The molecule has 1 fully saturated rings. The Morgan fingerprint density at radius 1 is 1.10 bits per heavy atom. The van der Waals surface area contributed by atoms with E-state index in [-0.39, 0.29) is 5.56 Å². The van der Waals surface area contributed by atoms with E-state index in [1.807, 2.05) is 51.5 Å². The van der Waals surface area contributed by atoms with Crippen LogP contribution in [0.3, 0.4) is 0 Å². The molecule has 0 spiro atoms. The van der Waals surface area contributed by atoms with Gasteiger partial charge in [-0.05, 0) is 48.7 Å². The maximum Gasteiger partial charge on any atom is 0.282 e. The molecule has 1 aliphatic heterocycles. The lowest BCUT2D eigenvalue weighted by molar-refractivity contribution is 0.414. The van der Waals surface area contributed by atoms with Gasteiger partial charge in [0.25, 0.3) is 5.56 Å². The van der Waals surface area contributed by atoms with Crippen LogP contribution in [-0.2, 0) is 6.54 Å². The monoisotopic (exact) mass is 453 g/mol. The van der Waals surface area contributed by atoms with Crippen molar-refractivity contribution in [1.29, 1.82) is 0 Å². The molecule has 0 atom stereocenters. The first-order chi connectivity index (χ1) is 14.1. The molecule has 5 rings (SSSR count). The summed E-state index contributed by atoms with van der Waals surface area (Å²) in [7, 11) is 1.65. The third-order valence-corrected chi connectivity index (χ3v) is 5.85. The molecule has 0 saturated carbocycles. The predicted molar refractivity (Wildman–Crippen MR) is 116 cm³/mol. The van der Waals surface area contributed by atoms with Crippen molar-refractivity contribution in [3.63, 3.8) is 0 Å². The fourth-order valence-electron chi connectivity index (χ4n) is 3.88. The zero-order valence-electron chi connectivity index (χ0n) is 16.0. The number of hydrogen-bond acceptors (Lipinski definition) is 5. The Balaban J connectivity index is 1.72. The van der Waals surface area contributed by atoms with E-state index in [0.29, 0.717) is 17.7 Å². The highest BCUT2D eigenvalue weighted by atomic mass is 79.9. The molecule has 29 heavy (non-hydrogen) atoms. The normalized spacial score (nSPS) is 14.2. The van der Waals surface area contributed by atoms with Crippen molar-refractivity contribution in [3.05, 3.63) is 62.9 Å². The molecule has 0 amide bonds. The van der Waals surface area contributed by atoms with Crippen LogP contribution >= 0.6 is 15.9 Å². The van der Waals surface area contributed by atoms with Gasteiger partial charge in [-0.15, -0.1) is 5.10 Å². The third kappa shape index (κ3) is 3.17. The average Bonchev–Trinajstić information content (AvgIpc) is 3.37. The van der Waals surface area contributed by atoms with Crippen LogP contribution in [0.4, 0.5) is 5.95 Å². The maximum atomic E-state index is 12.7. The number of halogens is 1. The van der Waals surface area contributed by atoms with Gasteiger partial charge in [-0.25, -0.2) is 9.08 Å². The van der Waals surface area contributed by atoms with E-state index in [0.717, 1.165) is 53.2 Å². The summed E-state index contributed by atoms with van der Waals surface area (Å²) in [5.41, 5.74) is 1.64. The molecule has 148 valence electrons. The molecule has 0 bridgehead atoms. The summed E-state index contributed by atoms with van der Waals surface area (Å²) in [5, 5.41) is 5.47. The highest BCUT2D eigenvalue weighted by Gasteiger charge is 2.22. The molecule has 0 radical (unpaired) electrons. The summed E-state index contributed by atoms with van der Waals surface area (Å²) in [5.74, 6) is 2.20. The maximum absolute atomic E-state index is 12.7. The van der Waals surface area contributed by atoms with Gasteiger partial charge >= 0.3 is 0 Å². The standard InChI is InChI=1S/C21H20BrN5O2/c1-29-16-7-4-14(5-8-16)13-26-20-23-19(28)17-12-15(22)6-9-18(17)27(20)21(24-26)25-10-2-3-11-25/h4-9,12H,2-3,10-11,13H2,1H3. The second-order valence-corrected chi connectivity index (χ2v) is 8.13. The molecule has 0 N–H and O–H groups in total. The van der Waals surface area contributed by atoms with Crippen LogP contribution in [0.15, 0.2) is 51.7 Å². The van der Waals surface area contributed by atoms with Gasteiger partial charge in [0.2, 0.25) is 11.7 Å². The van der Waals surface area contributed by atoms with E-state index in [4.69, 9.17) is 9.84 Å². The summed E-state index contributed by atoms with van der Waals surface area (Å²) in [6.45, 7) is 2.44. The first-order valence-corrected chi connectivity index (χ1v) is 10.4. The minimum Gasteiger partial charge on any atom is -0.497 e. The lowest BCUT2D eigenvalue weighted by atomic mass is 10.2. The second kappa shape index (κ2) is 7.18. The number of benzene rings is 2. The van der Waals surface area contributed by atoms with Crippen LogP contribution in [0.1, 0.15) is 18.4 Å². The highest BCUT2D eigenvalue weighted by molar-refractivity contribution is 9.10. The Hall–Kier alpha value is -2.87. The molecule has 4 aromatic rings. The molecule has 2 aromatic carbocycles. The van der Waals surface area contributed by atoms with Crippen LogP contribution in [0, 0.1) is 0 Å². The van der Waals surface area contributed by atoms with Gasteiger partial charge < -0.3 is 9.64 Å². The quantitative estimate of drug-likeness (QED) is 0.473. The largest absolute Gasteiger partial charge is 0.497 e. The highest BCUT2D eigenvalue weighted by Crippen LogP contribution is 2.25. The minimum atomic E-state index is -0.245. The summed E-state index contributed by atoms with van der Waals surface area (Å²) in [6.07, 6.45) is 2.29. The van der Waals surface area contributed by atoms with Gasteiger partial charge in [0.05, 0.1) is 24.6 Å². The van der Waals surface area contributed by atoms with Gasteiger partial charge in [0.1, 0.15) is 5.75 Å². The van der Waals surface area contributed by atoms with E-state index in [9.17, 15) is 4.79 Å². The molecule has 3 heterocycles. The predicted octanol–water partition coefficient (Wildman–Crippen LogP) is 3.46. The number of methoxy groups -OCH3 is 1. The molecular weight excluding hydrogens is 434 g/mol. The van der Waals surface area contributed by atoms with Gasteiger partial charge in [0.15, 0.2) is 0 Å². The topological polar surface area (TPSA) is 64.7 Å². The lowest BCUT2D eigenvalue weighted by Crippen LogP contribution is -2.21. The van der Waals surface area contributed by atoms with Crippen LogP contribution in [0.25, 0.3) is 16.7 Å². The van der Waals surface area contributed by atoms with Crippen molar-refractivity contribution < 1.29 is 4.74 Å². The van der Waals surface area contributed by atoms with E-state index in [1.165, 1.54) is 0 Å². The number of hydrogen-bond donors (Lipinski definition) is 0. The molecular formula is C21H20BrN5O2. The van der Waals surface area contributed by atoms with E-state index in [1.54, 1.807) is 7.11 Å². The lowest BCUT2D eigenvalue weighted by Gasteiger charge is -2.15. The van der Waals surface area contributed by atoms with E-state index < -0.39 is 0 Å². The molecule has 0 unspecified atom stereocenters. The van der Waals surface area contributed by atoms with E-state index in [2.05, 4.69) is 25.8 Å². The van der Waals surface area contributed by atoms with Gasteiger partial charge in [0, 0.05) is 17.6 Å². The van der Waals surface area contributed by atoms with Crippen molar-refractivity contribution in [2.45, 2.75) is 19.4 Å². The van der Waals surface area contributed by atoms with Crippen molar-refractivity contribution in [3.8, 4) is 5.75 Å². The van der Waals surface area contributed by atoms with Crippen LogP contribution in [0.2, 0.25) is 0 Å². The second-order valence-electron chi connectivity index (χ2n) is 7.21. The Kier molecular flexibility index (Phi) is 4.50. The van der Waals surface area contributed by atoms with Gasteiger partial charge in [-0.3, -0.25) is 4.79 Å². The van der Waals surface area contributed by atoms with Crippen LogP contribution in [-0.4, -0.2) is 39.4 Å². The zero-order chi connectivity index (χ0) is 20.0. The Labute approximate surface area is 175 Å². The molecule has 2 aromatic heterocycles. The number of rotatable bonds is 4. The van der Waals surface area contributed by atoms with Crippen molar-refractivity contribution >= 4 is 38.6 Å². The van der Waals surface area contributed by atoms with Crippen molar-refractivity contribution in [2.75, 3.05) is 25.1 Å². The number of nitrogens with zero attached hydrogens (tertiary/aromatic N) is 5. The Morgan fingerprint density at radius 2 is 1.86 bits per heavy atom. The number of aromatic nitrogens is 4. The Bertz CT molecular complexity index is 1260. The average molecular weight is 454 g/mol. The first-order valence-electron chi connectivity index (χ1n) is 9.61. The van der Waals surface area contributed by atoms with E-state index >= 15 is 0 Å². The molecule has 1 aliphatic rings. The van der Waals surface area contributed by atoms with Crippen molar-refractivity contribution in [2.24, 2.45) is 0 Å². The van der Waals surface area contributed by atoms with Gasteiger partial charge in [-0.2, -0.15) is 4.98 Å². The number of ether oxygens (including phenoxy) is 1. The number of fused-ring (bicyclic) bond motifs is 3. The molecule has 8 heteroatoms. The summed E-state index contributed by atoms with van der Waals surface area (Å²) in [6, 6.07) is 13.6. The van der Waals surface area contributed by atoms with Crippen molar-refractivity contribution in [1.82, 2.24) is 19.2 Å². The summed E-state index contributed by atoms with van der Waals surface area (Å²) < 4.78 is 9.93. The molecule has 0 aliphatic carbocycles. The van der Waals surface area contributed by atoms with Crippen LogP contribution in [0.5, 0.6) is 5.75 Å². The van der Waals surface area contributed by atoms with Gasteiger partial charge in [-0.1, -0.05) is 28.1 Å². The fourth-order valence-corrected chi connectivity index (χ4v) is 4.24. The Morgan fingerprint density at radius 3 is 2.59 bits per heavy atom. The first kappa shape index (κ1) is 18.2. The fraction of sp³-hybridized carbons (Fsp3) is 0.286. The van der Waals surface area contributed by atoms with Crippen LogP contribution < -0.4 is 15.2 Å².